The second-order valence-corrected chi connectivity index (χ2v) is 8.95. The maximum Gasteiger partial charge on any atom is 0.251 e. The fourth-order valence-electron chi connectivity index (χ4n) is 3.12. The molecule has 0 bridgehead atoms. The van der Waals surface area contributed by atoms with E-state index in [0.717, 1.165) is 11.8 Å². The van der Waals surface area contributed by atoms with Gasteiger partial charge in [-0.3, -0.25) is 14.2 Å². The quantitative estimate of drug-likeness (QED) is 0.299. The summed E-state index contributed by atoms with van der Waals surface area (Å²) in [5.74, 6) is -0.842. The maximum atomic E-state index is 13.8. The van der Waals surface area contributed by atoms with Crippen molar-refractivity contribution in [1.82, 2.24) is 20.1 Å². The first kappa shape index (κ1) is 24.7. The van der Waals surface area contributed by atoms with E-state index in [1.807, 2.05) is 6.07 Å². The molecule has 0 atom stereocenters. The SMILES string of the molecule is O=C(CSc1nnc(CNC(=O)c2ccccc2)n1-c1ccc(Cl)c(Cl)c1)Nc1ccccc1F. The Bertz CT molecular complexity index is 1370. The number of nitrogens with one attached hydrogen (secondary N) is 2. The lowest BCUT2D eigenvalue weighted by Crippen LogP contribution is -2.24. The van der Waals surface area contributed by atoms with Gasteiger partial charge in [0.25, 0.3) is 5.91 Å². The smallest absolute Gasteiger partial charge is 0.251 e. The average molecular weight is 530 g/mol. The van der Waals surface area contributed by atoms with Crippen LogP contribution in [-0.4, -0.2) is 32.3 Å². The van der Waals surface area contributed by atoms with Crippen LogP contribution in [0.2, 0.25) is 10.0 Å². The number of hydrogen-bond donors (Lipinski definition) is 2. The number of nitrogens with zero attached hydrogens (tertiary/aromatic N) is 3. The van der Waals surface area contributed by atoms with Gasteiger partial charge in [0.05, 0.1) is 33.7 Å². The van der Waals surface area contributed by atoms with Gasteiger partial charge in [-0.2, -0.15) is 0 Å². The van der Waals surface area contributed by atoms with Crippen molar-refractivity contribution in [3.8, 4) is 5.69 Å². The van der Waals surface area contributed by atoms with Gasteiger partial charge < -0.3 is 10.6 Å². The molecule has 0 spiro atoms. The fraction of sp³-hybridized carbons (Fsp3) is 0.0833. The van der Waals surface area contributed by atoms with E-state index in [2.05, 4.69) is 20.8 Å². The topological polar surface area (TPSA) is 88.9 Å². The summed E-state index contributed by atoms with van der Waals surface area (Å²) >= 11 is 13.4. The standard InChI is InChI=1S/C24H18Cl2FN5O2S/c25-17-11-10-16(12-18(17)26)32-21(13-28-23(34)15-6-2-1-3-7-15)30-31-24(32)35-14-22(33)29-20-9-5-4-8-19(20)27/h1-12H,13-14H2,(H,28,34)(H,29,33). The Morgan fingerprint density at radius 1 is 0.943 bits per heavy atom. The van der Waals surface area contributed by atoms with E-state index in [1.165, 1.54) is 18.2 Å². The predicted molar refractivity (Wildman–Crippen MR) is 135 cm³/mol. The monoisotopic (exact) mass is 529 g/mol. The number of para-hydroxylation sites is 1. The predicted octanol–water partition coefficient (Wildman–Crippen LogP) is 5.37. The zero-order chi connectivity index (χ0) is 24.8. The summed E-state index contributed by atoms with van der Waals surface area (Å²) in [6.07, 6.45) is 0. The van der Waals surface area contributed by atoms with Crippen LogP contribution in [0.5, 0.6) is 0 Å². The number of thioether (sulfide) groups is 1. The van der Waals surface area contributed by atoms with E-state index in [1.54, 1.807) is 53.1 Å². The maximum absolute atomic E-state index is 13.8. The number of aromatic nitrogens is 3. The molecule has 7 nitrogen and oxygen atoms in total. The van der Waals surface area contributed by atoms with Crippen LogP contribution >= 0.6 is 35.0 Å². The van der Waals surface area contributed by atoms with Crippen molar-refractivity contribution < 1.29 is 14.0 Å². The van der Waals surface area contributed by atoms with E-state index in [9.17, 15) is 14.0 Å². The fourth-order valence-corrected chi connectivity index (χ4v) is 4.18. The van der Waals surface area contributed by atoms with Crippen LogP contribution in [0.1, 0.15) is 16.2 Å². The number of carbonyl (C=O) groups excluding carboxylic acids is 2. The van der Waals surface area contributed by atoms with Gasteiger partial charge in [-0.05, 0) is 42.5 Å². The van der Waals surface area contributed by atoms with E-state index in [0.29, 0.717) is 32.3 Å². The minimum Gasteiger partial charge on any atom is -0.345 e. The zero-order valence-electron chi connectivity index (χ0n) is 18.0. The molecule has 0 saturated carbocycles. The number of anilines is 1. The summed E-state index contributed by atoms with van der Waals surface area (Å²) in [5, 5.41) is 14.8. The first-order chi connectivity index (χ1) is 16.9. The van der Waals surface area contributed by atoms with Crippen molar-refractivity contribution >= 4 is 52.5 Å². The van der Waals surface area contributed by atoms with Crippen molar-refractivity contribution in [1.29, 1.82) is 0 Å². The normalized spacial score (nSPS) is 10.7. The van der Waals surface area contributed by atoms with E-state index in [4.69, 9.17) is 23.2 Å². The van der Waals surface area contributed by atoms with Crippen LogP contribution in [-0.2, 0) is 11.3 Å². The van der Waals surface area contributed by atoms with Gasteiger partial charge in [0.1, 0.15) is 5.82 Å². The molecular weight excluding hydrogens is 512 g/mol. The molecule has 2 amide bonds. The van der Waals surface area contributed by atoms with Crippen molar-refractivity contribution in [3.63, 3.8) is 0 Å². The Hall–Kier alpha value is -3.40. The molecule has 0 radical (unpaired) electrons. The van der Waals surface area contributed by atoms with E-state index < -0.39 is 11.7 Å². The van der Waals surface area contributed by atoms with Crippen LogP contribution < -0.4 is 10.6 Å². The van der Waals surface area contributed by atoms with Crippen LogP contribution in [0.15, 0.2) is 78.0 Å². The summed E-state index contributed by atoms with van der Waals surface area (Å²) in [5.41, 5.74) is 1.20. The largest absolute Gasteiger partial charge is 0.345 e. The third kappa shape index (κ3) is 6.19. The molecule has 11 heteroatoms. The Labute approximate surface area is 214 Å². The van der Waals surface area contributed by atoms with Gasteiger partial charge in [-0.1, -0.05) is 65.3 Å². The average Bonchev–Trinajstić information content (AvgIpc) is 3.27. The molecule has 4 rings (SSSR count). The van der Waals surface area contributed by atoms with Crippen LogP contribution in [0.25, 0.3) is 5.69 Å². The molecule has 2 N–H and O–H groups in total. The van der Waals surface area contributed by atoms with Crippen LogP contribution in [0.3, 0.4) is 0 Å². The molecule has 0 aliphatic rings. The Balaban J connectivity index is 1.54. The van der Waals surface area contributed by atoms with E-state index in [-0.39, 0.29) is 23.9 Å². The number of carbonyl (C=O) groups is 2. The number of halogens is 3. The second-order valence-electron chi connectivity index (χ2n) is 7.20. The Morgan fingerprint density at radius 2 is 1.69 bits per heavy atom. The molecule has 4 aromatic rings. The third-order valence-electron chi connectivity index (χ3n) is 4.79. The summed E-state index contributed by atoms with van der Waals surface area (Å²) in [6.45, 7) is 0.0724. The first-order valence-electron chi connectivity index (χ1n) is 10.3. The van der Waals surface area contributed by atoms with Gasteiger partial charge in [0.2, 0.25) is 5.91 Å². The zero-order valence-corrected chi connectivity index (χ0v) is 20.4. The van der Waals surface area contributed by atoms with Crippen molar-refractivity contribution in [2.45, 2.75) is 11.7 Å². The highest BCUT2D eigenvalue weighted by molar-refractivity contribution is 7.99. The van der Waals surface area contributed by atoms with Gasteiger partial charge >= 0.3 is 0 Å². The summed E-state index contributed by atoms with van der Waals surface area (Å²) < 4.78 is 15.5. The molecule has 1 aromatic heterocycles. The molecular formula is C24H18Cl2FN5O2S. The molecule has 1 heterocycles. The van der Waals surface area contributed by atoms with Gasteiger partial charge in [-0.15, -0.1) is 10.2 Å². The third-order valence-corrected chi connectivity index (χ3v) is 6.45. The summed E-state index contributed by atoms with van der Waals surface area (Å²) in [7, 11) is 0. The molecule has 178 valence electrons. The number of benzene rings is 3. The molecule has 0 fully saturated rings. The summed E-state index contributed by atoms with van der Waals surface area (Å²) in [4.78, 5) is 24.9. The van der Waals surface area contributed by atoms with Gasteiger partial charge in [0.15, 0.2) is 11.0 Å². The van der Waals surface area contributed by atoms with Crippen molar-refractivity contribution in [3.05, 3.63) is 100 Å². The minimum atomic E-state index is -0.527. The number of hydrogen-bond acceptors (Lipinski definition) is 5. The highest BCUT2D eigenvalue weighted by Crippen LogP contribution is 2.28. The molecule has 35 heavy (non-hydrogen) atoms. The molecule has 0 aliphatic heterocycles. The Kier molecular flexibility index (Phi) is 8.02. The van der Waals surface area contributed by atoms with Crippen molar-refractivity contribution in [2.24, 2.45) is 0 Å². The van der Waals surface area contributed by atoms with Gasteiger partial charge in [0, 0.05) is 5.56 Å². The highest BCUT2D eigenvalue weighted by Gasteiger charge is 2.18. The molecule has 0 saturated heterocycles. The van der Waals surface area contributed by atoms with Gasteiger partial charge in [-0.25, -0.2) is 4.39 Å². The lowest BCUT2D eigenvalue weighted by molar-refractivity contribution is -0.113. The number of amides is 2. The number of rotatable bonds is 8. The Morgan fingerprint density at radius 3 is 2.43 bits per heavy atom. The molecule has 0 aliphatic carbocycles. The molecule has 3 aromatic carbocycles. The molecule has 0 unspecified atom stereocenters. The highest BCUT2D eigenvalue weighted by atomic mass is 35.5. The first-order valence-corrected chi connectivity index (χ1v) is 12.1. The lowest BCUT2D eigenvalue weighted by atomic mass is 10.2. The van der Waals surface area contributed by atoms with E-state index >= 15 is 0 Å². The summed E-state index contributed by atoms with van der Waals surface area (Å²) in [6, 6.07) is 19.7. The minimum absolute atomic E-state index is 0.0514. The van der Waals surface area contributed by atoms with Crippen LogP contribution in [0, 0.1) is 5.82 Å². The second kappa shape index (κ2) is 11.4. The lowest BCUT2D eigenvalue weighted by Gasteiger charge is -2.12. The van der Waals surface area contributed by atoms with Crippen molar-refractivity contribution in [2.75, 3.05) is 11.1 Å². The van der Waals surface area contributed by atoms with Crippen LogP contribution in [0.4, 0.5) is 10.1 Å².